The van der Waals surface area contributed by atoms with Gasteiger partial charge in [-0.15, -0.1) is 0 Å². The Kier molecular flexibility index (Phi) is 6.73. The molecule has 0 fully saturated rings. The third-order valence-corrected chi connectivity index (χ3v) is 2.69. The summed E-state index contributed by atoms with van der Waals surface area (Å²) in [5.74, 6) is 0.443. The summed E-state index contributed by atoms with van der Waals surface area (Å²) in [6.07, 6.45) is 0.472. The minimum Gasteiger partial charge on any atom is -0.484 e. The van der Waals surface area contributed by atoms with Crippen LogP contribution in [0.25, 0.3) is 0 Å². The van der Waals surface area contributed by atoms with Gasteiger partial charge in [0, 0.05) is 25.1 Å². The molecule has 0 bridgehead atoms. The molecule has 1 amide bonds. The molecule has 0 aliphatic rings. The first-order valence-electron chi connectivity index (χ1n) is 6.61. The number of Topliss-reactive ketones (excluding diaryl/α,β-unsaturated/α-hetero) is 1. The number of ether oxygens (including phenoxy) is 2. The van der Waals surface area contributed by atoms with Crippen molar-refractivity contribution in [2.75, 3.05) is 20.3 Å². The van der Waals surface area contributed by atoms with Crippen LogP contribution in [0.5, 0.6) is 5.75 Å². The van der Waals surface area contributed by atoms with Crippen LogP contribution in [-0.4, -0.2) is 38.1 Å². The summed E-state index contributed by atoms with van der Waals surface area (Å²) in [6.45, 7) is 4.07. The number of hydrogen-bond acceptors (Lipinski definition) is 4. The van der Waals surface area contributed by atoms with Gasteiger partial charge in [0.25, 0.3) is 5.91 Å². The summed E-state index contributed by atoms with van der Waals surface area (Å²) >= 11 is 0. The fourth-order valence-corrected chi connectivity index (χ4v) is 1.70. The highest BCUT2D eigenvalue weighted by Gasteiger charge is 2.08. The molecule has 5 nitrogen and oxygen atoms in total. The summed E-state index contributed by atoms with van der Waals surface area (Å²) in [6, 6.07) is 6.73. The Bertz CT molecular complexity index is 442. The second-order valence-corrected chi connectivity index (χ2v) is 4.51. The van der Waals surface area contributed by atoms with Gasteiger partial charge >= 0.3 is 0 Å². The van der Waals surface area contributed by atoms with Crippen LogP contribution in [0.15, 0.2) is 24.3 Å². The highest BCUT2D eigenvalue weighted by molar-refractivity contribution is 5.95. The van der Waals surface area contributed by atoms with Gasteiger partial charge in [-0.25, -0.2) is 0 Å². The number of carbonyl (C=O) groups is 2. The number of methoxy groups -OCH3 is 1. The molecule has 1 aromatic carbocycles. The van der Waals surface area contributed by atoms with E-state index in [0.717, 1.165) is 0 Å². The SMILES string of the molecule is CCC(=O)c1ccc(OCC(=O)NC(C)COC)cc1. The van der Waals surface area contributed by atoms with Gasteiger partial charge in [-0.3, -0.25) is 9.59 Å². The van der Waals surface area contributed by atoms with Gasteiger partial charge < -0.3 is 14.8 Å². The molecule has 0 aromatic heterocycles. The Morgan fingerprint density at radius 2 is 1.90 bits per heavy atom. The molecule has 1 rings (SSSR count). The molecule has 20 heavy (non-hydrogen) atoms. The third-order valence-electron chi connectivity index (χ3n) is 2.69. The molecule has 0 saturated carbocycles. The highest BCUT2D eigenvalue weighted by Crippen LogP contribution is 2.13. The van der Waals surface area contributed by atoms with Crippen molar-refractivity contribution < 1.29 is 19.1 Å². The maximum atomic E-state index is 11.6. The minimum absolute atomic E-state index is 0.0550. The molecule has 1 N–H and O–H groups in total. The Hall–Kier alpha value is -1.88. The lowest BCUT2D eigenvalue weighted by Gasteiger charge is -2.13. The summed E-state index contributed by atoms with van der Waals surface area (Å²) in [5.41, 5.74) is 0.651. The van der Waals surface area contributed by atoms with Gasteiger partial charge in [0.2, 0.25) is 0 Å². The summed E-state index contributed by atoms with van der Waals surface area (Å²) in [7, 11) is 1.58. The fraction of sp³-hybridized carbons (Fsp3) is 0.467. The monoisotopic (exact) mass is 279 g/mol. The first-order valence-corrected chi connectivity index (χ1v) is 6.61. The standard InChI is InChI=1S/C15H21NO4/c1-4-14(17)12-5-7-13(8-6-12)20-10-15(18)16-11(2)9-19-3/h5-8,11H,4,9-10H2,1-3H3,(H,16,18). The largest absolute Gasteiger partial charge is 0.484 e. The number of hydrogen-bond donors (Lipinski definition) is 1. The van der Waals surface area contributed by atoms with Crippen molar-refractivity contribution >= 4 is 11.7 Å². The van der Waals surface area contributed by atoms with E-state index in [1.165, 1.54) is 0 Å². The molecular formula is C15H21NO4. The zero-order chi connectivity index (χ0) is 15.0. The summed E-state index contributed by atoms with van der Waals surface area (Å²) in [4.78, 5) is 23.0. The van der Waals surface area contributed by atoms with Crippen molar-refractivity contribution in [1.82, 2.24) is 5.32 Å². The summed E-state index contributed by atoms with van der Waals surface area (Å²) < 4.78 is 10.3. The van der Waals surface area contributed by atoms with Gasteiger partial charge in [0.05, 0.1) is 6.61 Å². The van der Waals surface area contributed by atoms with Gasteiger partial charge in [0.15, 0.2) is 12.4 Å². The molecular weight excluding hydrogens is 258 g/mol. The van der Waals surface area contributed by atoms with Crippen molar-refractivity contribution in [2.24, 2.45) is 0 Å². The summed E-state index contributed by atoms with van der Waals surface area (Å²) in [5, 5.41) is 2.75. The topological polar surface area (TPSA) is 64.6 Å². The van der Waals surface area contributed by atoms with Crippen LogP contribution in [0.1, 0.15) is 30.6 Å². The lowest BCUT2D eigenvalue weighted by molar-refractivity contribution is -0.124. The van der Waals surface area contributed by atoms with Crippen LogP contribution >= 0.6 is 0 Å². The lowest BCUT2D eigenvalue weighted by atomic mass is 10.1. The Morgan fingerprint density at radius 1 is 1.25 bits per heavy atom. The number of amides is 1. The van der Waals surface area contributed by atoms with Crippen molar-refractivity contribution in [3.8, 4) is 5.75 Å². The molecule has 1 atom stereocenters. The van der Waals surface area contributed by atoms with Crippen LogP contribution in [-0.2, 0) is 9.53 Å². The van der Waals surface area contributed by atoms with E-state index in [4.69, 9.17) is 9.47 Å². The van der Waals surface area contributed by atoms with E-state index >= 15 is 0 Å². The Balaban J connectivity index is 2.42. The second kappa shape index (κ2) is 8.32. The van der Waals surface area contributed by atoms with E-state index in [0.29, 0.717) is 24.3 Å². The maximum Gasteiger partial charge on any atom is 0.258 e. The van der Waals surface area contributed by atoms with Gasteiger partial charge in [-0.1, -0.05) is 6.92 Å². The van der Waals surface area contributed by atoms with Crippen LogP contribution in [0.2, 0.25) is 0 Å². The van der Waals surface area contributed by atoms with E-state index in [2.05, 4.69) is 5.32 Å². The predicted molar refractivity (Wildman–Crippen MR) is 76.0 cm³/mol. The number of benzene rings is 1. The molecule has 0 spiro atoms. The quantitative estimate of drug-likeness (QED) is 0.737. The zero-order valence-corrected chi connectivity index (χ0v) is 12.1. The van der Waals surface area contributed by atoms with Crippen LogP contribution in [0, 0.1) is 0 Å². The second-order valence-electron chi connectivity index (χ2n) is 4.51. The smallest absolute Gasteiger partial charge is 0.258 e. The Labute approximate surface area is 119 Å². The average Bonchev–Trinajstić information content (AvgIpc) is 2.45. The van der Waals surface area contributed by atoms with E-state index in [1.807, 2.05) is 13.8 Å². The molecule has 0 aliphatic carbocycles. The molecule has 0 heterocycles. The lowest BCUT2D eigenvalue weighted by Crippen LogP contribution is -2.38. The van der Waals surface area contributed by atoms with E-state index in [1.54, 1.807) is 31.4 Å². The van der Waals surface area contributed by atoms with E-state index in [9.17, 15) is 9.59 Å². The number of carbonyl (C=O) groups excluding carboxylic acids is 2. The molecule has 1 aromatic rings. The van der Waals surface area contributed by atoms with Crippen molar-refractivity contribution in [3.63, 3.8) is 0 Å². The van der Waals surface area contributed by atoms with Gasteiger partial charge in [-0.2, -0.15) is 0 Å². The van der Waals surface area contributed by atoms with Crippen LogP contribution in [0.3, 0.4) is 0 Å². The first-order chi connectivity index (χ1) is 9.56. The number of nitrogens with one attached hydrogen (secondary N) is 1. The van der Waals surface area contributed by atoms with Gasteiger partial charge in [0.1, 0.15) is 5.75 Å². The van der Waals surface area contributed by atoms with Crippen molar-refractivity contribution in [2.45, 2.75) is 26.3 Å². The van der Waals surface area contributed by atoms with Crippen molar-refractivity contribution in [3.05, 3.63) is 29.8 Å². The first kappa shape index (κ1) is 16.2. The molecule has 1 unspecified atom stereocenters. The fourth-order valence-electron chi connectivity index (χ4n) is 1.70. The highest BCUT2D eigenvalue weighted by atomic mass is 16.5. The predicted octanol–water partition coefficient (Wildman–Crippen LogP) is 1.81. The Morgan fingerprint density at radius 3 is 2.45 bits per heavy atom. The van der Waals surface area contributed by atoms with Crippen molar-refractivity contribution in [1.29, 1.82) is 0 Å². The molecule has 0 aliphatic heterocycles. The third kappa shape index (κ3) is 5.40. The number of rotatable bonds is 8. The zero-order valence-electron chi connectivity index (χ0n) is 12.1. The maximum absolute atomic E-state index is 11.6. The molecule has 0 saturated heterocycles. The minimum atomic E-state index is -0.205. The van der Waals surface area contributed by atoms with E-state index in [-0.39, 0.29) is 24.3 Å². The van der Waals surface area contributed by atoms with E-state index < -0.39 is 0 Å². The van der Waals surface area contributed by atoms with Crippen LogP contribution in [0.4, 0.5) is 0 Å². The van der Waals surface area contributed by atoms with Crippen LogP contribution < -0.4 is 10.1 Å². The van der Waals surface area contributed by atoms with Gasteiger partial charge in [-0.05, 0) is 31.2 Å². The molecule has 110 valence electrons. The normalized spacial score (nSPS) is 11.8. The molecule has 0 radical (unpaired) electrons. The average molecular weight is 279 g/mol. The number of ketones is 1. The molecule has 5 heteroatoms.